The molecule has 2 nitrogen and oxygen atoms in total. The van der Waals surface area contributed by atoms with Gasteiger partial charge in [-0.15, -0.1) is 0 Å². The lowest BCUT2D eigenvalue weighted by Gasteiger charge is -2.07. The first kappa shape index (κ1) is 11.8. The fraction of sp³-hybridized carbons (Fsp3) is 0.385. The number of nitrogens with one attached hydrogen (secondary N) is 1. The molecule has 0 aliphatic rings. The van der Waals surface area contributed by atoms with Crippen molar-refractivity contribution in [3.8, 4) is 5.75 Å². The highest BCUT2D eigenvalue weighted by molar-refractivity contribution is 5.50. The van der Waals surface area contributed by atoms with Gasteiger partial charge in [0.25, 0.3) is 0 Å². The molecule has 1 atom stereocenters. The molecule has 1 aromatic carbocycles. The summed E-state index contributed by atoms with van der Waals surface area (Å²) in [5, 5.41) is 12.5. The Balaban J connectivity index is 2.46. The molecule has 0 spiro atoms. The van der Waals surface area contributed by atoms with E-state index in [1.165, 1.54) is 0 Å². The predicted octanol–water partition coefficient (Wildman–Crippen LogP) is 2.79. The van der Waals surface area contributed by atoms with E-state index in [1.807, 2.05) is 12.1 Å². The third-order valence-electron chi connectivity index (χ3n) is 2.19. The molecule has 0 saturated carbocycles. The molecular formula is C13H19NO. The van der Waals surface area contributed by atoms with Gasteiger partial charge < -0.3 is 10.4 Å². The maximum Gasteiger partial charge on any atom is 0.115 e. The number of phenolic OH excluding ortho intramolecular Hbond substituents is 1. The molecule has 1 unspecified atom stereocenters. The Morgan fingerprint density at radius 1 is 1.33 bits per heavy atom. The first-order valence-corrected chi connectivity index (χ1v) is 5.43. The van der Waals surface area contributed by atoms with E-state index >= 15 is 0 Å². The van der Waals surface area contributed by atoms with Crippen molar-refractivity contribution in [2.75, 3.05) is 6.54 Å². The van der Waals surface area contributed by atoms with Crippen LogP contribution >= 0.6 is 0 Å². The van der Waals surface area contributed by atoms with Crippen molar-refractivity contribution >= 4 is 6.08 Å². The summed E-state index contributed by atoms with van der Waals surface area (Å²) in [5.41, 5.74) is 1.11. The van der Waals surface area contributed by atoms with E-state index in [-0.39, 0.29) is 0 Å². The average Bonchev–Trinajstić information content (AvgIpc) is 2.25. The summed E-state index contributed by atoms with van der Waals surface area (Å²) in [7, 11) is 0. The van der Waals surface area contributed by atoms with Crippen LogP contribution in [0, 0.1) is 0 Å². The number of phenols is 1. The number of rotatable bonds is 5. The quantitative estimate of drug-likeness (QED) is 0.774. The van der Waals surface area contributed by atoms with Crippen LogP contribution in [0.3, 0.4) is 0 Å². The topological polar surface area (TPSA) is 32.3 Å². The van der Waals surface area contributed by atoms with Crippen LogP contribution < -0.4 is 5.32 Å². The fourth-order valence-corrected chi connectivity index (χ4v) is 1.28. The van der Waals surface area contributed by atoms with Crippen LogP contribution in [-0.4, -0.2) is 17.7 Å². The molecule has 0 bridgehead atoms. The molecule has 1 rings (SSSR count). The van der Waals surface area contributed by atoms with Gasteiger partial charge in [0.05, 0.1) is 0 Å². The van der Waals surface area contributed by atoms with Gasteiger partial charge in [-0.25, -0.2) is 0 Å². The minimum absolute atomic E-state index is 0.310. The number of aromatic hydroxyl groups is 1. The second-order valence-corrected chi connectivity index (χ2v) is 3.69. The number of benzene rings is 1. The number of hydrogen-bond donors (Lipinski definition) is 2. The summed E-state index contributed by atoms with van der Waals surface area (Å²) in [6, 6.07) is 7.59. The predicted molar refractivity (Wildman–Crippen MR) is 64.9 cm³/mol. The summed E-state index contributed by atoms with van der Waals surface area (Å²) in [6.45, 7) is 5.33. The second kappa shape index (κ2) is 6.25. The number of hydrogen-bond acceptors (Lipinski definition) is 2. The standard InChI is InChI=1S/C13H19NO/c1-3-10-14-11(2)4-5-12-6-8-13(15)9-7-12/h4-9,11,14-15H,3,10H2,1-2H3/b5-4+. The van der Waals surface area contributed by atoms with Gasteiger partial charge in [-0.05, 0) is 37.6 Å². The zero-order valence-electron chi connectivity index (χ0n) is 9.40. The Morgan fingerprint density at radius 3 is 2.60 bits per heavy atom. The molecular weight excluding hydrogens is 186 g/mol. The monoisotopic (exact) mass is 205 g/mol. The summed E-state index contributed by atoms with van der Waals surface area (Å²) < 4.78 is 0. The molecule has 0 saturated heterocycles. The van der Waals surface area contributed by atoms with Crippen molar-refractivity contribution in [3.05, 3.63) is 35.9 Å². The van der Waals surface area contributed by atoms with Gasteiger partial charge in [-0.2, -0.15) is 0 Å². The molecule has 2 heteroatoms. The van der Waals surface area contributed by atoms with Crippen molar-refractivity contribution in [2.45, 2.75) is 26.3 Å². The van der Waals surface area contributed by atoms with Crippen LogP contribution in [0.1, 0.15) is 25.8 Å². The average molecular weight is 205 g/mol. The molecule has 0 radical (unpaired) electrons. The minimum Gasteiger partial charge on any atom is -0.508 e. The summed E-state index contributed by atoms with van der Waals surface area (Å²) in [5.74, 6) is 0.310. The zero-order chi connectivity index (χ0) is 11.1. The normalized spacial score (nSPS) is 13.2. The lowest BCUT2D eigenvalue weighted by atomic mass is 10.2. The van der Waals surface area contributed by atoms with Crippen molar-refractivity contribution in [1.29, 1.82) is 0 Å². The SMILES string of the molecule is CCCNC(C)/C=C/c1ccc(O)cc1. The Bertz CT molecular complexity index is 303. The van der Waals surface area contributed by atoms with Crippen molar-refractivity contribution in [1.82, 2.24) is 5.32 Å². The Labute approximate surface area is 91.6 Å². The Morgan fingerprint density at radius 2 is 2.00 bits per heavy atom. The third-order valence-corrected chi connectivity index (χ3v) is 2.19. The second-order valence-electron chi connectivity index (χ2n) is 3.69. The first-order valence-electron chi connectivity index (χ1n) is 5.43. The van der Waals surface area contributed by atoms with E-state index in [0.717, 1.165) is 18.5 Å². The molecule has 0 fully saturated rings. The van der Waals surface area contributed by atoms with Crippen LogP contribution in [0.25, 0.3) is 6.08 Å². The van der Waals surface area contributed by atoms with Gasteiger partial charge in [-0.3, -0.25) is 0 Å². The van der Waals surface area contributed by atoms with Crippen molar-refractivity contribution in [3.63, 3.8) is 0 Å². The highest BCUT2D eigenvalue weighted by atomic mass is 16.3. The van der Waals surface area contributed by atoms with E-state index in [0.29, 0.717) is 11.8 Å². The smallest absolute Gasteiger partial charge is 0.115 e. The Hall–Kier alpha value is -1.28. The summed E-state index contributed by atoms with van der Waals surface area (Å²) in [4.78, 5) is 0. The van der Waals surface area contributed by atoms with Crippen LogP contribution in [-0.2, 0) is 0 Å². The fourth-order valence-electron chi connectivity index (χ4n) is 1.28. The molecule has 82 valence electrons. The van der Waals surface area contributed by atoms with E-state index in [9.17, 15) is 0 Å². The van der Waals surface area contributed by atoms with E-state index in [1.54, 1.807) is 12.1 Å². The molecule has 0 heterocycles. The third kappa shape index (κ3) is 4.66. The van der Waals surface area contributed by atoms with Crippen molar-refractivity contribution < 1.29 is 5.11 Å². The first-order chi connectivity index (χ1) is 7.22. The lowest BCUT2D eigenvalue weighted by Crippen LogP contribution is -2.24. The highest BCUT2D eigenvalue weighted by Gasteiger charge is 1.93. The maximum absolute atomic E-state index is 9.11. The minimum atomic E-state index is 0.310. The van der Waals surface area contributed by atoms with E-state index in [4.69, 9.17) is 5.11 Å². The van der Waals surface area contributed by atoms with Crippen LogP contribution in [0.4, 0.5) is 0 Å². The van der Waals surface area contributed by atoms with Crippen LogP contribution in [0.15, 0.2) is 30.3 Å². The molecule has 2 N–H and O–H groups in total. The molecule has 0 aliphatic heterocycles. The van der Waals surface area contributed by atoms with Gasteiger partial charge in [0.2, 0.25) is 0 Å². The van der Waals surface area contributed by atoms with Gasteiger partial charge in [-0.1, -0.05) is 31.2 Å². The molecule has 1 aromatic rings. The largest absolute Gasteiger partial charge is 0.508 e. The van der Waals surface area contributed by atoms with Crippen molar-refractivity contribution in [2.24, 2.45) is 0 Å². The highest BCUT2D eigenvalue weighted by Crippen LogP contribution is 2.10. The van der Waals surface area contributed by atoms with Gasteiger partial charge in [0.1, 0.15) is 5.75 Å². The summed E-state index contributed by atoms with van der Waals surface area (Å²) in [6.07, 6.45) is 5.34. The summed E-state index contributed by atoms with van der Waals surface area (Å²) >= 11 is 0. The zero-order valence-corrected chi connectivity index (χ0v) is 9.40. The van der Waals surface area contributed by atoms with Gasteiger partial charge in [0.15, 0.2) is 0 Å². The van der Waals surface area contributed by atoms with E-state index < -0.39 is 0 Å². The Kier molecular flexibility index (Phi) is 4.91. The maximum atomic E-state index is 9.11. The molecule has 0 amide bonds. The molecule has 15 heavy (non-hydrogen) atoms. The van der Waals surface area contributed by atoms with Crippen LogP contribution in [0.5, 0.6) is 5.75 Å². The van der Waals surface area contributed by atoms with Gasteiger partial charge in [0, 0.05) is 6.04 Å². The van der Waals surface area contributed by atoms with E-state index in [2.05, 4.69) is 31.3 Å². The van der Waals surface area contributed by atoms with Gasteiger partial charge >= 0.3 is 0 Å². The lowest BCUT2D eigenvalue weighted by molar-refractivity contribution is 0.475. The van der Waals surface area contributed by atoms with Crippen LogP contribution in [0.2, 0.25) is 0 Å². The molecule has 0 aromatic heterocycles. The molecule has 0 aliphatic carbocycles.